The van der Waals surface area contributed by atoms with Crippen LogP contribution in [0.25, 0.3) is 11.0 Å². The van der Waals surface area contributed by atoms with Crippen molar-refractivity contribution in [2.45, 2.75) is 39.2 Å². The minimum Gasteiger partial charge on any atom is -0.369 e. The number of fused-ring (bicyclic) bond motifs is 1. The maximum absolute atomic E-state index is 13.4. The Labute approximate surface area is 111 Å². The highest BCUT2D eigenvalue weighted by molar-refractivity contribution is 6.31. The summed E-state index contributed by atoms with van der Waals surface area (Å²) < 4.78 is 15.3. The van der Waals surface area contributed by atoms with Gasteiger partial charge in [-0.1, -0.05) is 31.4 Å². The van der Waals surface area contributed by atoms with Crippen LogP contribution in [0.4, 0.5) is 10.3 Å². The predicted molar refractivity (Wildman–Crippen MR) is 73.3 cm³/mol. The molecule has 0 spiro atoms. The molecule has 2 aromatic rings. The molecule has 1 heterocycles. The van der Waals surface area contributed by atoms with E-state index in [2.05, 4.69) is 18.8 Å². The molecule has 18 heavy (non-hydrogen) atoms. The monoisotopic (exact) mass is 269 g/mol. The van der Waals surface area contributed by atoms with E-state index in [1.54, 1.807) is 6.07 Å². The first-order chi connectivity index (χ1) is 8.54. The Balaban J connectivity index is 2.49. The Kier molecular flexibility index (Phi) is 3.76. The van der Waals surface area contributed by atoms with Gasteiger partial charge in [0, 0.05) is 12.1 Å². The van der Waals surface area contributed by atoms with Crippen molar-refractivity contribution in [1.82, 2.24) is 9.55 Å². The molecule has 0 aliphatic carbocycles. The Bertz CT molecular complexity index is 565. The first-order valence-electron chi connectivity index (χ1n) is 6.17. The summed E-state index contributed by atoms with van der Waals surface area (Å²) in [5.41, 5.74) is 7.26. The summed E-state index contributed by atoms with van der Waals surface area (Å²) in [7, 11) is 0. The Morgan fingerprint density at radius 2 is 2.22 bits per heavy atom. The third-order valence-electron chi connectivity index (χ3n) is 3.18. The van der Waals surface area contributed by atoms with Crippen molar-refractivity contribution in [3.63, 3.8) is 0 Å². The maximum Gasteiger partial charge on any atom is 0.201 e. The molecule has 5 heteroatoms. The van der Waals surface area contributed by atoms with E-state index in [0.717, 1.165) is 24.8 Å². The van der Waals surface area contributed by atoms with Crippen LogP contribution in [0.2, 0.25) is 5.02 Å². The molecule has 3 nitrogen and oxygen atoms in total. The molecular weight excluding hydrogens is 253 g/mol. The summed E-state index contributed by atoms with van der Waals surface area (Å²) >= 11 is 5.82. The van der Waals surface area contributed by atoms with Crippen molar-refractivity contribution in [3.05, 3.63) is 23.0 Å². The number of imidazole rings is 1. The van der Waals surface area contributed by atoms with E-state index in [9.17, 15) is 4.39 Å². The molecule has 0 aliphatic heterocycles. The van der Waals surface area contributed by atoms with Crippen LogP contribution in [0.1, 0.15) is 39.2 Å². The summed E-state index contributed by atoms with van der Waals surface area (Å²) in [6, 6.07) is 3.16. The number of nitrogen functional groups attached to an aromatic ring is 1. The highest BCUT2D eigenvalue weighted by Gasteiger charge is 2.15. The lowest BCUT2D eigenvalue weighted by molar-refractivity contribution is 0.501. The summed E-state index contributed by atoms with van der Waals surface area (Å²) in [4.78, 5) is 4.19. The number of rotatable bonds is 4. The molecular formula is C13H17ClFN3. The molecule has 1 atom stereocenters. The lowest BCUT2D eigenvalue weighted by atomic mass is 10.1. The minimum absolute atomic E-state index is 0.103. The highest BCUT2D eigenvalue weighted by Crippen LogP contribution is 2.29. The van der Waals surface area contributed by atoms with E-state index in [0.29, 0.717) is 11.5 Å². The fourth-order valence-electron chi connectivity index (χ4n) is 2.20. The van der Waals surface area contributed by atoms with Crippen LogP contribution < -0.4 is 5.73 Å². The van der Waals surface area contributed by atoms with E-state index in [4.69, 9.17) is 17.3 Å². The number of anilines is 1. The third kappa shape index (κ3) is 2.29. The average Bonchev–Trinajstić information content (AvgIpc) is 2.62. The largest absolute Gasteiger partial charge is 0.369 e. The molecule has 0 amide bonds. The van der Waals surface area contributed by atoms with Crippen molar-refractivity contribution in [1.29, 1.82) is 0 Å². The van der Waals surface area contributed by atoms with Crippen molar-refractivity contribution < 1.29 is 4.39 Å². The second-order valence-electron chi connectivity index (χ2n) is 4.59. The van der Waals surface area contributed by atoms with Gasteiger partial charge in [-0.15, -0.1) is 0 Å². The molecule has 0 aliphatic rings. The van der Waals surface area contributed by atoms with Gasteiger partial charge in [0.2, 0.25) is 5.95 Å². The van der Waals surface area contributed by atoms with Gasteiger partial charge in [-0.25, -0.2) is 9.37 Å². The lowest BCUT2D eigenvalue weighted by Crippen LogP contribution is -2.08. The summed E-state index contributed by atoms with van der Waals surface area (Å²) in [6.45, 7) is 4.23. The number of hydrogen-bond donors (Lipinski definition) is 1. The van der Waals surface area contributed by atoms with Gasteiger partial charge < -0.3 is 10.3 Å². The van der Waals surface area contributed by atoms with Crippen molar-refractivity contribution in [2.75, 3.05) is 5.73 Å². The lowest BCUT2D eigenvalue weighted by Gasteiger charge is -2.15. The first kappa shape index (κ1) is 13.1. The van der Waals surface area contributed by atoms with Crippen LogP contribution in [-0.2, 0) is 0 Å². The molecule has 0 bridgehead atoms. The molecule has 1 unspecified atom stereocenters. The van der Waals surface area contributed by atoms with Gasteiger partial charge in [-0.05, 0) is 19.4 Å². The van der Waals surface area contributed by atoms with Crippen LogP contribution in [0.15, 0.2) is 12.1 Å². The standard InChI is InChI=1S/C13H17ClFN3/c1-3-4-5-8(2)18-12-6-9(14)10(15)7-11(12)17-13(18)16/h6-8H,3-5H2,1-2H3,(H2,16,17). The summed E-state index contributed by atoms with van der Waals surface area (Å²) in [6.07, 6.45) is 3.27. The topological polar surface area (TPSA) is 43.8 Å². The number of nitrogens with zero attached hydrogens (tertiary/aromatic N) is 2. The van der Waals surface area contributed by atoms with Gasteiger partial charge >= 0.3 is 0 Å². The molecule has 98 valence electrons. The quantitative estimate of drug-likeness (QED) is 0.906. The van der Waals surface area contributed by atoms with Crippen LogP contribution in [0, 0.1) is 5.82 Å². The highest BCUT2D eigenvalue weighted by atomic mass is 35.5. The first-order valence-corrected chi connectivity index (χ1v) is 6.54. The molecule has 2 N–H and O–H groups in total. The van der Waals surface area contributed by atoms with E-state index < -0.39 is 5.82 Å². The number of halogens is 2. The zero-order chi connectivity index (χ0) is 13.3. The van der Waals surface area contributed by atoms with E-state index in [1.165, 1.54) is 6.07 Å². The van der Waals surface area contributed by atoms with Gasteiger partial charge in [0.15, 0.2) is 0 Å². The zero-order valence-electron chi connectivity index (χ0n) is 10.6. The van der Waals surface area contributed by atoms with Gasteiger partial charge in [0.25, 0.3) is 0 Å². The second kappa shape index (κ2) is 5.14. The summed E-state index contributed by atoms with van der Waals surface area (Å²) in [5, 5.41) is 0.103. The normalized spacial score (nSPS) is 13.1. The predicted octanol–water partition coefficient (Wildman–Crippen LogP) is 4.16. The smallest absolute Gasteiger partial charge is 0.201 e. The number of unbranched alkanes of at least 4 members (excludes halogenated alkanes) is 1. The Morgan fingerprint density at radius 1 is 1.50 bits per heavy atom. The van der Waals surface area contributed by atoms with Crippen molar-refractivity contribution in [3.8, 4) is 0 Å². The molecule has 1 aromatic carbocycles. The molecule has 0 saturated carbocycles. The number of hydrogen-bond acceptors (Lipinski definition) is 2. The zero-order valence-corrected chi connectivity index (χ0v) is 11.3. The van der Waals surface area contributed by atoms with Crippen LogP contribution in [0.3, 0.4) is 0 Å². The minimum atomic E-state index is -0.463. The van der Waals surface area contributed by atoms with Crippen LogP contribution in [0.5, 0.6) is 0 Å². The molecule has 0 fully saturated rings. The van der Waals surface area contributed by atoms with Crippen LogP contribution in [-0.4, -0.2) is 9.55 Å². The molecule has 1 aromatic heterocycles. The average molecular weight is 270 g/mol. The van der Waals surface area contributed by atoms with E-state index >= 15 is 0 Å². The number of nitrogens with two attached hydrogens (primary N) is 1. The maximum atomic E-state index is 13.4. The number of benzene rings is 1. The summed E-state index contributed by atoms with van der Waals surface area (Å²) in [5.74, 6) is -0.0507. The van der Waals surface area contributed by atoms with Gasteiger partial charge in [-0.3, -0.25) is 0 Å². The second-order valence-corrected chi connectivity index (χ2v) is 4.99. The Hall–Kier alpha value is -1.29. The van der Waals surface area contributed by atoms with E-state index in [1.807, 2.05) is 4.57 Å². The Morgan fingerprint density at radius 3 is 2.89 bits per heavy atom. The van der Waals surface area contributed by atoms with Gasteiger partial charge in [-0.2, -0.15) is 0 Å². The van der Waals surface area contributed by atoms with Crippen molar-refractivity contribution >= 4 is 28.6 Å². The molecule has 0 saturated heterocycles. The fourth-order valence-corrected chi connectivity index (χ4v) is 2.36. The molecule has 0 radical (unpaired) electrons. The third-order valence-corrected chi connectivity index (χ3v) is 3.46. The molecule has 2 rings (SSSR count). The van der Waals surface area contributed by atoms with Gasteiger partial charge in [0.1, 0.15) is 5.82 Å². The van der Waals surface area contributed by atoms with Gasteiger partial charge in [0.05, 0.1) is 16.1 Å². The van der Waals surface area contributed by atoms with E-state index in [-0.39, 0.29) is 11.1 Å². The van der Waals surface area contributed by atoms with Crippen LogP contribution >= 0.6 is 11.6 Å². The van der Waals surface area contributed by atoms with Crippen molar-refractivity contribution in [2.24, 2.45) is 0 Å². The SMILES string of the molecule is CCCCC(C)n1c(N)nc2cc(F)c(Cl)cc21. The fraction of sp³-hybridized carbons (Fsp3) is 0.462. The number of aromatic nitrogens is 2.